The van der Waals surface area contributed by atoms with Crippen molar-refractivity contribution in [2.45, 2.75) is 39.0 Å². The molecule has 0 aliphatic rings. The van der Waals surface area contributed by atoms with E-state index in [9.17, 15) is 4.79 Å². The fraction of sp³-hybridized carbons (Fsp3) is 0.375. The van der Waals surface area contributed by atoms with Gasteiger partial charge in [-0.25, -0.2) is 4.68 Å². The van der Waals surface area contributed by atoms with Crippen LogP contribution in [0.15, 0.2) is 42.7 Å². The van der Waals surface area contributed by atoms with E-state index in [-0.39, 0.29) is 5.78 Å². The summed E-state index contributed by atoms with van der Waals surface area (Å²) >= 11 is 0. The number of carbonyl (C=O) groups is 1. The number of ketones is 1. The molecule has 2 rings (SSSR count). The maximum atomic E-state index is 12.0. The molecular formula is C16H20N2O. The Labute approximate surface area is 114 Å². The van der Waals surface area contributed by atoms with E-state index < -0.39 is 0 Å². The van der Waals surface area contributed by atoms with E-state index in [0.29, 0.717) is 12.0 Å². The molecule has 0 spiro atoms. The van der Waals surface area contributed by atoms with Crippen molar-refractivity contribution in [1.29, 1.82) is 0 Å². The number of rotatable bonds is 7. The quantitative estimate of drug-likeness (QED) is 0.554. The minimum absolute atomic E-state index is 0.193. The van der Waals surface area contributed by atoms with Crippen LogP contribution >= 0.6 is 0 Å². The third-order valence-electron chi connectivity index (χ3n) is 3.18. The van der Waals surface area contributed by atoms with Crippen LogP contribution in [0, 0.1) is 0 Å². The number of unbranched alkanes of at least 4 members (excludes halogenated alkanes) is 3. The molecule has 1 heterocycles. The van der Waals surface area contributed by atoms with Gasteiger partial charge in [-0.05, 0) is 18.6 Å². The number of aromatic nitrogens is 2. The molecule has 0 fully saturated rings. The van der Waals surface area contributed by atoms with Crippen LogP contribution in [0.4, 0.5) is 0 Å². The molecule has 3 nitrogen and oxygen atoms in total. The minimum Gasteiger partial charge on any atom is -0.294 e. The summed E-state index contributed by atoms with van der Waals surface area (Å²) < 4.78 is 1.75. The maximum Gasteiger partial charge on any atom is 0.166 e. The molecule has 0 amide bonds. The average Bonchev–Trinajstić information content (AvgIpc) is 2.94. The topological polar surface area (TPSA) is 34.9 Å². The van der Waals surface area contributed by atoms with Gasteiger partial charge < -0.3 is 0 Å². The summed E-state index contributed by atoms with van der Waals surface area (Å²) in [7, 11) is 0. The lowest BCUT2D eigenvalue weighted by molar-refractivity contribution is 0.0979. The van der Waals surface area contributed by atoms with Crippen molar-refractivity contribution in [2.24, 2.45) is 0 Å². The predicted octanol–water partition coefficient (Wildman–Crippen LogP) is 4.03. The third kappa shape index (κ3) is 3.78. The van der Waals surface area contributed by atoms with Crippen molar-refractivity contribution >= 4 is 5.78 Å². The number of nitrogens with zero attached hydrogens (tertiary/aromatic N) is 2. The van der Waals surface area contributed by atoms with Gasteiger partial charge in [0.2, 0.25) is 0 Å². The summed E-state index contributed by atoms with van der Waals surface area (Å²) in [4.78, 5) is 12.0. The highest BCUT2D eigenvalue weighted by Crippen LogP contribution is 2.11. The fourth-order valence-corrected chi connectivity index (χ4v) is 2.05. The summed E-state index contributed by atoms with van der Waals surface area (Å²) in [6, 6.07) is 9.84. The Bertz CT molecular complexity index is 517. The molecule has 100 valence electrons. The Morgan fingerprint density at radius 3 is 2.68 bits per heavy atom. The van der Waals surface area contributed by atoms with Gasteiger partial charge in [0.1, 0.15) is 0 Å². The van der Waals surface area contributed by atoms with Crippen LogP contribution in [-0.4, -0.2) is 15.6 Å². The molecule has 0 aliphatic heterocycles. The molecule has 0 unspecified atom stereocenters. The standard InChI is InChI=1S/C16H20N2O/c1-2-3-4-8-11-16(19)14-12-17-18(13-14)15-9-6-5-7-10-15/h5-7,9-10,12-13H,2-4,8,11H2,1H3. The first-order chi connectivity index (χ1) is 9.31. The fourth-order valence-electron chi connectivity index (χ4n) is 2.05. The molecule has 2 aromatic rings. The second kappa shape index (κ2) is 6.88. The lowest BCUT2D eigenvalue weighted by Gasteiger charge is -1.99. The molecule has 0 aliphatic carbocycles. The number of benzene rings is 1. The molecule has 0 bridgehead atoms. The van der Waals surface area contributed by atoms with Crippen molar-refractivity contribution in [3.05, 3.63) is 48.3 Å². The van der Waals surface area contributed by atoms with E-state index in [0.717, 1.165) is 18.5 Å². The van der Waals surface area contributed by atoms with E-state index in [1.54, 1.807) is 10.9 Å². The van der Waals surface area contributed by atoms with Gasteiger partial charge in [-0.3, -0.25) is 4.79 Å². The SMILES string of the molecule is CCCCCCC(=O)c1cnn(-c2ccccc2)c1. The Hall–Kier alpha value is -1.90. The summed E-state index contributed by atoms with van der Waals surface area (Å²) in [6.07, 6.45) is 8.61. The summed E-state index contributed by atoms with van der Waals surface area (Å²) in [5.74, 6) is 0.193. The van der Waals surface area contributed by atoms with Crippen molar-refractivity contribution in [2.75, 3.05) is 0 Å². The zero-order valence-corrected chi connectivity index (χ0v) is 11.4. The maximum absolute atomic E-state index is 12.0. The van der Waals surface area contributed by atoms with Gasteiger partial charge in [0.25, 0.3) is 0 Å². The highest BCUT2D eigenvalue weighted by Gasteiger charge is 2.08. The monoisotopic (exact) mass is 256 g/mol. The summed E-state index contributed by atoms with van der Waals surface area (Å²) in [5.41, 5.74) is 1.69. The Morgan fingerprint density at radius 2 is 1.95 bits per heavy atom. The largest absolute Gasteiger partial charge is 0.294 e. The van der Waals surface area contributed by atoms with E-state index in [1.165, 1.54) is 12.8 Å². The van der Waals surface area contributed by atoms with Crippen molar-refractivity contribution in [1.82, 2.24) is 9.78 Å². The van der Waals surface area contributed by atoms with E-state index in [4.69, 9.17) is 0 Å². The van der Waals surface area contributed by atoms with Crippen LogP contribution in [0.25, 0.3) is 5.69 Å². The molecule has 19 heavy (non-hydrogen) atoms. The van der Waals surface area contributed by atoms with Crippen LogP contribution in [0.3, 0.4) is 0 Å². The second-order valence-electron chi connectivity index (χ2n) is 4.74. The van der Waals surface area contributed by atoms with Gasteiger partial charge in [-0.2, -0.15) is 5.10 Å². The van der Waals surface area contributed by atoms with Gasteiger partial charge in [0, 0.05) is 12.6 Å². The number of Topliss-reactive ketones (excluding diaryl/α,β-unsaturated/α-hetero) is 1. The van der Waals surface area contributed by atoms with Crippen LogP contribution in [0.2, 0.25) is 0 Å². The molecule has 1 aromatic carbocycles. The number of hydrogen-bond acceptors (Lipinski definition) is 2. The number of para-hydroxylation sites is 1. The van der Waals surface area contributed by atoms with Crippen molar-refractivity contribution in [3.63, 3.8) is 0 Å². The molecule has 0 atom stereocenters. The number of carbonyl (C=O) groups excluding carboxylic acids is 1. The summed E-state index contributed by atoms with van der Waals surface area (Å²) in [6.45, 7) is 2.17. The first kappa shape index (κ1) is 13.5. The third-order valence-corrected chi connectivity index (χ3v) is 3.18. The van der Waals surface area contributed by atoms with E-state index in [1.807, 2.05) is 36.5 Å². The highest BCUT2D eigenvalue weighted by molar-refractivity contribution is 5.95. The predicted molar refractivity (Wildman–Crippen MR) is 76.7 cm³/mol. The van der Waals surface area contributed by atoms with Crippen LogP contribution in [0.5, 0.6) is 0 Å². The molecule has 0 radical (unpaired) electrons. The van der Waals surface area contributed by atoms with Gasteiger partial charge in [0.15, 0.2) is 5.78 Å². The number of hydrogen-bond donors (Lipinski definition) is 0. The zero-order valence-electron chi connectivity index (χ0n) is 11.4. The van der Waals surface area contributed by atoms with Crippen molar-refractivity contribution in [3.8, 4) is 5.69 Å². The molecule has 0 N–H and O–H groups in total. The molecule has 3 heteroatoms. The van der Waals surface area contributed by atoms with Gasteiger partial charge in [0.05, 0.1) is 17.4 Å². The average molecular weight is 256 g/mol. The van der Waals surface area contributed by atoms with Crippen LogP contribution < -0.4 is 0 Å². The lowest BCUT2D eigenvalue weighted by atomic mass is 10.1. The molecule has 1 aromatic heterocycles. The Morgan fingerprint density at radius 1 is 1.16 bits per heavy atom. The molecule has 0 saturated heterocycles. The first-order valence-corrected chi connectivity index (χ1v) is 6.94. The first-order valence-electron chi connectivity index (χ1n) is 6.94. The van der Waals surface area contributed by atoms with Crippen molar-refractivity contribution < 1.29 is 4.79 Å². The van der Waals surface area contributed by atoms with E-state index >= 15 is 0 Å². The second-order valence-corrected chi connectivity index (χ2v) is 4.74. The van der Waals surface area contributed by atoms with Gasteiger partial charge >= 0.3 is 0 Å². The Balaban J connectivity index is 1.95. The van der Waals surface area contributed by atoms with Gasteiger partial charge in [-0.15, -0.1) is 0 Å². The van der Waals surface area contributed by atoms with E-state index in [2.05, 4.69) is 12.0 Å². The minimum atomic E-state index is 0.193. The normalized spacial score (nSPS) is 10.6. The zero-order chi connectivity index (χ0) is 13.5. The lowest BCUT2D eigenvalue weighted by Crippen LogP contribution is -1.98. The van der Waals surface area contributed by atoms with Gasteiger partial charge in [-0.1, -0.05) is 44.4 Å². The van der Waals surface area contributed by atoms with Crippen LogP contribution in [-0.2, 0) is 0 Å². The highest BCUT2D eigenvalue weighted by atomic mass is 16.1. The van der Waals surface area contributed by atoms with Crippen LogP contribution in [0.1, 0.15) is 49.4 Å². The smallest absolute Gasteiger partial charge is 0.166 e. The molecule has 0 saturated carbocycles. The Kier molecular flexibility index (Phi) is 4.90. The molecular weight excluding hydrogens is 236 g/mol. The summed E-state index contributed by atoms with van der Waals surface area (Å²) in [5, 5.41) is 4.25.